The number of hydrogen-bond donors (Lipinski definition) is 3. The lowest BCUT2D eigenvalue weighted by Crippen LogP contribution is -2.39. The lowest BCUT2D eigenvalue weighted by atomic mass is 9.98. The molecule has 0 amide bonds. The van der Waals surface area contributed by atoms with Crippen LogP contribution in [0.15, 0.2) is 12.1 Å². The fourth-order valence-electron chi connectivity index (χ4n) is 2.35. The van der Waals surface area contributed by atoms with Crippen LogP contribution in [0, 0.1) is 0 Å². The fourth-order valence-corrected chi connectivity index (χ4v) is 2.95. The Kier molecular flexibility index (Phi) is 3.71. The lowest BCUT2D eigenvalue weighted by molar-refractivity contribution is 0.214. The molecule has 1 fully saturated rings. The molecule has 0 heterocycles. The lowest BCUT2D eigenvalue weighted by Gasteiger charge is -2.30. The molecule has 2 rings (SSSR count). The van der Waals surface area contributed by atoms with Crippen molar-refractivity contribution in [3.8, 4) is 0 Å². The first kappa shape index (κ1) is 12.8. The summed E-state index contributed by atoms with van der Waals surface area (Å²) in [7, 11) is 0. The summed E-state index contributed by atoms with van der Waals surface area (Å²) in [6.45, 7) is 0.0873. The number of nitrogens with one attached hydrogen (secondary N) is 1. The summed E-state index contributed by atoms with van der Waals surface area (Å²) in [4.78, 5) is 0. The Bertz CT molecular complexity index is 394. The van der Waals surface area contributed by atoms with E-state index in [9.17, 15) is 5.11 Å². The zero-order valence-electron chi connectivity index (χ0n) is 9.47. The first-order chi connectivity index (χ1) is 8.06. The number of aliphatic hydroxyl groups excluding tert-OH is 1. The number of nitrogen functional groups attached to an aromatic ring is 1. The molecule has 0 unspecified atom stereocenters. The van der Waals surface area contributed by atoms with Gasteiger partial charge >= 0.3 is 0 Å². The highest BCUT2D eigenvalue weighted by molar-refractivity contribution is 6.39. The van der Waals surface area contributed by atoms with Gasteiger partial charge in [-0.05, 0) is 25.0 Å². The Balaban J connectivity index is 2.29. The molecule has 0 radical (unpaired) electrons. The number of anilines is 2. The second-order valence-electron chi connectivity index (χ2n) is 4.63. The summed E-state index contributed by atoms with van der Waals surface area (Å²) in [5.74, 6) is 0. The zero-order valence-corrected chi connectivity index (χ0v) is 11.0. The summed E-state index contributed by atoms with van der Waals surface area (Å²) in [5.41, 5.74) is 6.57. The quantitative estimate of drug-likeness (QED) is 0.742. The SMILES string of the molecule is Nc1cc(Cl)c(NC2(CO)CCCC2)c(Cl)c1. The number of rotatable bonds is 3. The van der Waals surface area contributed by atoms with Crippen molar-refractivity contribution in [2.75, 3.05) is 17.7 Å². The van der Waals surface area contributed by atoms with Crippen LogP contribution in [-0.2, 0) is 0 Å². The minimum Gasteiger partial charge on any atom is -0.399 e. The molecule has 1 aromatic carbocycles. The van der Waals surface area contributed by atoms with E-state index in [1.54, 1.807) is 12.1 Å². The maximum Gasteiger partial charge on any atom is 0.0725 e. The van der Waals surface area contributed by atoms with Crippen molar-refractivity contribution < 1.29 is 5.11 Å². The largest absolute Gasteiger partial charge is 0.399 e. The molecule has 0 saturated heterocycles. The van der Waals surface area contributed by atoms with Crippen LogP contribution in [0.1, 0.15) is 25.7 Å². The summed E-state index contributed by atoms with van der Waals surface area (Å²) in [6, 6.07) is 3.32. The molecule has 0 aromatic heterocycles. The van der Waals surface area contributed by atoms with E-state index in [2.05, 4.69) is 5.32 Å². The Morgan fingerprint density at radius 3 is 2.24 bits per heavy atom. The van der Waals surface area contributed by atoms with Crippen LogP contribution in [0.25, 0.3) is 0 Å². The number of halogens is 2. The van der Waals surface area contributed by atoms with E-state index >= 15 is 0 Å². The second-order valence-corrected chi connectivity index (χ2v) is 5.44. The summed E-state index contributed by atoms with van der Waals surface area (Å²) in [6.07, 6.45) is 4.08. The minimum atomic E-state index is -0.288. The predicted octanol–water partition coefficient (Wildman–Crippen LogP) is 3.29. The van der Waals surface area contributed by atoms with E-state index in [1.165, 1.54) is 0 Å². The normalized spacial score (nSPS) is 18.3. The van der Waals surface area contributed by atoms with Crippen molar-refractivity contribution in [1.29, 1.82) is 0 Å². The van der Waals surface area contributed by atoms with Crippen molar-refractivity contribution in [3.63, 3.8) is 0 Å². The van der Waals surface area contributed by atoms with Gasteiger partial charge in [-0.3, -0.25) is 0 Å². The third-order valence-corrected chi connectivity index (χ3v) is 3.91. The van der Waals surface area contributed by atoms with Gasteiger partial charge in [0, 0.05) is 5.69 Å². The van der Waals surface area contributed by atoms with Crippen molar-refractivity contribution in [1.82, 2.24) is 0 Å². The van der Waals surface area contributed by atoms with Crippen LogP contribution in [-0.4, -0.2) is 17.3 Å². The molecule has 1 aromatic rings. The monoisotopic (exact) mass is 274 g/mol. The number of hydrogen-bond acceptors (Lipinski definition) is 3. The second kappa shape index (κ2) is 4.92. The van der Waals surface area contributed by atoms with Gasteiger partial charge in [0.25, 0.3) is 0 Å². The van der Waals surface area contributed by atoms with Gasteiger partial charge in [-0.25, -0.2) is 0 Å². The Morgan fingerprint density at radius 2 is 1.76 bits per heavy atom. The average Bonchev–Trinajstić information content (AvgIpc) is 2.73. The van der Waals surface area contributed by atoms with Crippen LogP contribution in [0.3, 0.4) is 0 Å². The highest BCUT2D eigenvalue weighted by Gasteiger charge is 2.34. The molecule has 0 atom stereocenters. The Hall–Kier alpha value is -0.640. The van der Waals surface area contributed by atoms with Crippen LogP contribution in [0.4, 0.5) is 11.4 Å². The van der Waals surface area contributed by atoms with Gasteiger partial charge < -0.3 is 16.2 Å². The number of aliphatic hydroxyl groups is 1. The molecule has 3 nitrogen and oxygen atoms in total. The van der Waals surface area contributed by atoms with Crippen LogP contribution in [0.5, 0.6) is 0 Å². The molecule has 1 aliphatic carbocycles. The summed E-state index contributed by atoms with van der Waals surface area (Å²) < 4.78 is 0. The molecule has 5 heteroatoms. The molecule has 1 saturated carbocycles. The first-order valence-electron chi connectivity index (χ1n) is 5.70. The van der Waals surface area contributed by atoms with Gasteiger partial charge in [0.2, 0.25) is 0 Å². The highest BCUT2D eigenvalue weighted by Crippen LogP contribution is 2.39. The average molecular weight is 275 g/mol. The Morgan fingerprint density at radius 1 is 1.24 bits per heavy atom. The van der Waals surface area contributed by atoms with E-state index in [0.717, 1.165) is 25.7 Å². The van der Waals surface area contributed by atoms with Crippen molar-refractivity contribution in [3.05, 3.63) is 22.2 Å². The summed E-state index contributed by atoms with van der Waals surface area (Å²) in [5, 5.41) is 13.8. The molecular formula is C12H16Cl2N2O. The van der Waals surface area contributed by atoms with E-state index in [4.69, 9.17) is 28.9 Å². The van der Waals surface area contributed by atoms with E-state index in [0.29, 0.717) is 21.4 Å². The predicted molar refractivity (Wildman–Crippen MR) is 72.8 cm³/mol. The van der Waals surface area contributed by atoms with Crippen molar-refractivity contribution >= 4 is 34.6 Å². The third-order valence-electron chi connectivity index (χ3n) is 3.32. The third kappa shape index (κ3) is 2.62. The summed E-state index contributed by atoms with van der Waals surface area (Å²) >= 11 is 12.2. The molecule has 17 heavy (non-hydrogen) atoms. The van der Waals surface area contributed by atoms with E-state index < -0.39 is 0 Å². The Labute approximate surface area is 111 Å². The zero-order chi connectivity index (χ0) is 12.5. The number of nitrogens with two attached hydrogens (primary N) is 1. The molecular weight excluding hydrogens is 259 g/mol. The van der Waals surface area contributed by atoms with E-state index in [1.807, 2.05) is 0 Å². The minimum absolute atomic E-state index is 0.0873. The van der Waals surface area contributed by atoms with Crippen LogP contribution in [0.2, 0.25) is 10.0 Å². The van der Waals surface area contributed by atoms with Gasteiger partial charge in [-0.2, -0.15) is 0 Å². The molecule has 0 aliphatic heterocycles. The molecule has 0 spiro atoms. The van der Waals surface area contributed by atoms with Crippen LogP contribution >= 0.6 is 23.2 Å². The molecule has 4 N–H and O–H groups in total. The van der Waals surface area contributed by atoms with E-state index in [-0.39, 0.29) is 12.1 Å². The number of benzene rings is 1. The maximum absolute atomic E-state index is 9.54. The van der Waals surface area contributed by atoms with Gasteiger partial charge in [-0.15, -0.1) is 0 Å². The molecule has 0 bridgehead atoms. The van der Waals surface area contributed by atoms with Gasteiger partial charge in [0.1, 0.15) is 0 Å². The molecule has 1 aliphatic rings. The fraction of sp³-hybridized carbons (Fsp3) is 0.500. The first-order valence-corrected chi connectivity index (χ1v) is 6.45. The van der Waals surface area contributed by atoms with Crippen molar-refractivity contribution in [2.45, 2.75) is 31.2 Å². The topological polar surface area (TPSA) is 58.3 Å². The van der Waals surface area contributed by atoms with Gasteiger partial charge in [0.15, 0.2) is 0 Å². The van der Waals surface area contributed by atoms with Gasteiger partial charge in [0.05, 0.1) is 27.9 Å². The van der Waals surface area contributed by atoms with Gasteiger partial charge in [-0.1, -0.05) is 36.0 Å². The smallest absolute Gasteiger partial charge is 0.0725 e. The maximum atomic E-state index is 9.54. The van der Waals surface area contributed by atoms with Crippen LogP contribution < -0.4 is 11.1 Å². The van der Waals surface area contributed by atoms with Crippen molar-refractivity contribution in [2.24, 2.45) is 0 Å². The highest BCUT2D eigenvalue weighted by atomic mass is 35.5. The molecule has 94 valence electrons. The standard InChI is InChI=1S/C12H16Cl2N2O/c13-9-5-8(15)6-10(14)11(9)16-12(7-17)3-1-2-4-12/h5-6,16-17H,1-4,7,15H2.